The normalized spacial score (nSPS) is 12.1. The first-order valence-electron chi connectivity index (χ1n) is 14.9. The Bertz CT molecular complexity index is 2990. The second-order valence-electron chi connectivity index (χ2n) is 11.2. The van der Waals surface area contributed by atoms with Gasteiger partial charge >= 0.3 is 135 Å². The molecule has 6 rings (SSSR count). The van der Waals surface area contributed by atoms with Crippen LogP contribution >= 0.6 is 0 Å². The van der Waals surface area contributed by atoms with Gasteiger partial charge in [-0.15, -0.1) is 0 Å². The van der Waals surface area contributed by atoms with E-state index in [1.807, 2.05) is 0 Å². The van der Waals surface area contributed by atoms with Crippen molar-refractivity contribution in [2.24, 2.45) is 20.5 Å². The standard InChI is InChI=1S/C32H22N6O14S4.Cu.4Na/c39-31-23(15-27(55(47,48)49)21-3-1-11-33-29(21)31)37-35-19-9-7-17(25(13-19)53(41,42)43)5-6-18-8-10-20(14-26(18)54(44,45)46)36-38-24-16-28(56(50,51)52)22-4-2-12-34-30(22)32(24)40;;;;;/h1-16,39-40H,(H,41,42,43)(H,44,45,46)(H,47,48,49)(H,50,51,52);;;;;/q;+2;4*+1/p-6/b6-5+,37-35?,38-36?;;;;;. The van der Waals surface area contributed by atoms with E-state index >= 15 is 0 Å². The van der Waals surface area contributed by atoms with E-state index < -0.39 is 94.0 Å². The van der Waals surface area contributed by atoms with E-state index in [0.29, 0.717) is 12.1 Å². The van der Waals surface area contributed by atoms with Crippen molar-refractivity contribution in [1.29, 1.82) is 0 Å². The summed E-state index contributed by atoms with van der Waals surface area (Å²) >= 11 is 0. The molecule has 0 fully saturated rings. The molecule has 0 atom stereocenters. The zero-order valence-corrected chi connectivity index (χ0v) is 43.8. The fourth-order valence-electron chi connectivity index (χ4n) is 5.19. The smallest absolute Gasteiger partial charge is 0.869 e. The molecule has 6 aromatic rings. The van der Waals surface area contributed by atoms with Gasteiger partial charge in [0.1, 0.15) is 40.5 Å². The Hall–Kier alpha value is -1.60. The van der Waals surface area contributed by atoms with Crippen molar-refractivity contribution in [3.63, 3.8) is 0 Å². The zero-order valence-electron chi connectivity index (χ0n) is 31.6. The molecule has 29 heteroatoms. The van der Waals surface area contributed by atoms with Crippen molar-refractivity contribution in [2.75, 3.05) is 0 Å². The molecule has 0 bridgehead atoms. The topological polar surface area (TPSA) is 350 Å². The first-order valence-corrected chi connectivity index (χ1v) is 20.6. The summed E-state index contributed by atoms with van der Waals surface area (Å²) in [5.41, 5.74) is -3.50. The molecule has 297 valence electrons. The Kier molecular flexibility index (Phi) is 21.2. The third kappa shape index (κ3) is 13.5. The molecule has 4 aromatic carbocycles. The molecule has 0 spiro atoms. The number of rotatable bonds is 10. The van der Waals surface area contributed by atoms with Crippen molar-refractivity contribution in [3.05, 3.63) is 96.3 Å². The van der Waals surface area contributed by atoms with E-state index in [-0.39, 0.29) is 169 Å². The summed E-state index contributed by atoms with van der Waals surface area (Å²) in [6, 6.07) is 12.0. The quantitative estimate of drug-likeness (QED) is 0.0532. The van der Waals surface area contributed by atoms with E-state index in [1.165, 1.54) is 36.7 Å². The van der Waals surface area contributed by atoms with Crippen LogP contribution in [0.5, 0.6) is 11.5 Å². The Labute approximate surface area is 446 Å². The van der Waals surface area contributed by atoms with Crippen LogP contribution in [0.2, 0.25) is 0 Å². The summed E-state index contributed by atoms with van der Waals surface area (Å²) in [4.78, 5) is 4.09. The van der Waals surface area contributed by atoms with Crippen molar-refractivity contribution in [3.8, 4) is 11.5 Å². The molecule has 61 heavy (non-hydrogen) atoms. The van der Waals surface area contributed by atoms with Crippen molar-refractivity contribution < 1.29 is 197 Å². The van der Waals surface area contributed by atoms with Gasteiger partial charge < -0.3 is 28.4 Å². The number of hydrogen-bond acceptors (Lipinski definition) is 20. The second-order valence-corrected chi connectivity index (χ2v) is 16.6. The predicted octanol–water partition coefficient (Wildman–Crippen LogP) is -8.44. The van der Waals surface area contributed by atoms with E-state index in [4.69, 9.17) is 0 Å². The summed E-state index contributed by atoms with van der Waals surface area (Å²) in [6.07, 6.45) is 4.25. The fourth-order valence-corrected chi connectivity index (χ4v) is 7.95. The van der Waals surface area contributed by atoms with Gasteiger partial charge in [-0.1, -0.05) is 47.9 Å². The van der Waals surface area contributed by atoms with Crippen molar-refractivity contribution in [2.45, 2.75) is 19.6 Å². The number of nitrogens with zero attached hydrogens (tertiary/aromatic N) is 6. The summed E-state index contributed by atoms with van der Waals surface area (Å²) in [6.45, 7) is 0. The van der Waals surface area contributed by atoms with Crippen molar-refractivity contribution in [1.82, 2.24) is 9.97 Å². The number of fused-ring (bicyclic) bond motifs is 2. The number of aromatic nitrogens is 2. The van der Waals surface area contributed by atoms with Gasteiger partial charge in [-0.2, -0.15) is 20.5 Å². The molecule has 0 N–H and O–H groups in total. The minimum Gasteiger partial charge on any atom is -0.869 e. The second kappa shape index (κ2) is 22.5. The van der Waals surface area contributed by atoms with Gasteiger partial charge in [-0.05, 0) is 59.7 Å². The first kappa shape index (κ1) is 57.4. The van der Waals surface area contributed by atoms with Gasteiger partial charge in [-0.25, -0.2) is 33.7 Å². The molecule has 0 unspecified atom stereocenters. The monoisotopic (exact) mass is 991 g/mol. The average Bonchev–Trinajstić information content (AvgIpc) is 3.12. The van der Waals surface area contributed by atoms with E-state index in [2.05, 4.69) is 30.4 Å². The number of pyridine rings is 2. The Morgan fingerprint density at radius 2 is 0.787 bits per heavy atom. The fraction of sp³-hybridized carbons (Fsp3) is 0. The Morgan fingerprint density at radius 3 is 1.10 bits per heavy atom. The Balaban J connectivity index is 0.00000372. The van der Waals surface area contributed by atoms with Gasteiger partial charge in [0.25, 0.3) is 0 Å². The van der Waals surface area contributed by atoms with Gasteiger partial charge in [0.2, 0.25) is 0 Å². The minimum atomic E-state index is -5.30. The summed E-state index contributed by atoms with van der Waals surface area (Å²) in [5.74, 6) is -1.84. The maximum absolute atomic E-state index is 12.9. The van der Waals surface area contributed by atoms with Crippen LogP contribution in [0.4, 0.5) is 22.7 Å². The van der Waals surface area contributed by atoms with Crippen LogP contribution in [0.15, 0.2) is 125 Å². The van der Waals surface area contributed by atoms with Crippen LogP contribution < -0.4 is 128 Å². The predicted molar refractivity (Wildman–Crippen MR) is 184 cm³/mol. The maximum Gasteiger partial charge on any atom is 2.00 e. The summed E-state index contributed by atoms with van der Waals surface area (Å²) < 4.78 is 144. The van der Waals surface area contributed by atoms with Crippen LogP contribution in [0.25, 0.3) is 34.0 Å². The molecule has 0 saturated carbocycles. The average molecular weight is 992 g/mol. The largest absolute Gasteiger partial charge is 2.00 e. The third-order valence-electron chi connectivity index (χ3n) is 7.64. The van der Waals surface area contributed by atoms with Gasteiger partial charge in [-0.3, -0.25) is 9.97 Å². The van der Waals surface area contributed by atoms with E-state index in [0.717, 1.165) is 48.6 Å². The van der Waals surface area contributed by atoms with Crippen molar-refractivity contribution >= 4 is 97.2 Å². The SMILES string of the molecule is O=S(=O)([O-])c1cc(N=Nc2cc(S(=O)(=O)[O-])c3cccnc3c2[O-])ccc1/C=C/c1ccc(N=Nc2cc(S(=O)(=O)[O-])c3cccnc3c2[O-])cc1S(=O)(=O)[O-].[Cu+2].[Na+].[Na+].[Na+].[Na+]. The number of benzene rings is 4. The number of hydrogen-bond donors (Lipinski definition) is 0. The number of azo groups is 2. The third-order valence-corrected chi connectivity index (χ3v) is 11.2. The van der Waals surface area contributed by atoms with Crippen LogP contribution in [0.3, 0.4) is 0 Å². The first-order chi connectivity index (χ1) is 26.1. The molecule has 0 aliphatic rings. The van der Waals surface area contributed by atoms with Crippen LogP contribution in [0, 0.1) is 0 Å². The molecule has 2 heterocycles. The molecular formula is C32H16CuN6Na4O14S4. The van der Waals surface area contributed by atoms with Crippen LogP contribution in [0.1, 0.15) is 11.1 Å². The molecule has 20 nitrogen and oxygen atoms in total. The van der Waals surface area contributed by atoms with Gasteiger partial charge in [0.15, 0.2) is 0 Å². The molecule has 0 saturated heterocycles. The minimum absolute atomic E-state index is 0. The Morgan fingerprint density at radius 1 is 0.459 bits per heavy atom. The summed E-state index contributed by atoms with van der Waals surface area (Å²) in [7, 11) is -20.9. The summed E-state index contributed by atoms with van der Waals surface area (Å²) in [5, 5.41) is 39.9. The van der Waals surface area contributed by atoms with E-state index in [1.54, 1.807) is 0 Å². The molecule has 1 radical (unpaired) electrons. The molecule has 0 amide bonds. The van der Waals surface area contributed by atoms with Crippen LogP contribution in [-0.4, -0.2) is 61.9 Å². The maximum atomic E-state index is 12.9. The zero-order chi connectivity index (χ0) is 40.8. The molecular weight excluding hydrogens is 976 g/mol. The molecule has 0 aliphatic heterocycles. The van der Waals surface area contributed by atoms with Gasteiger partial charge in [0, 0.05) is 23.2 Å². The molecule has 2 aromatic heterocycles. The van der Waals surface area contributed by atoms with E-state index in [9.17, 15) is 62.1 Å². The van der Waals surface area contributed by atoms with Crippen LogP contribution in [-0.2, 0) is 57.5 Å². The molecule has 0 aliphatic carbocycles. The van der Waals surface area contributed by atoms with Gasteiger partial charge in [0.05, 0.1) is 53.4 Å².